The first kappa shape index (κ1) is 12.2. The fraction of sp³-hybridized carbons (Fsp3) is 0.500. The van der Waals surface area contributed by atoms with Gasteiger partial charge in [-0.2, -0.15) is 0 Å². The molecule has 3 heteroatoms. The van der Waals surface area contributed by atoms with Crippen molar-refractivity contribution >= 4 is 12.4 Å². The maximum Gasteiger partial charge on any atom is 0.320 e. The molecule has 0 aromatic heterocycles. The number of hydrogen-bond donors (Lipinski definition) is 1. The zero-order valence-corrected chi connectivity index (χ0v) is 9.84. The van der Waals surface area contributed by atoms with Gasteiger partial charge < -0.3 is 5.02 Å². The van der Waals surface area contributed by atoms with E-state index in [1.165, 1.54) is 12.1 Å². The van der Waals surface area contributed by atoms with E-state index < -0.39 is 6.92 Å². The maximum atomic E-state index is 13.0. The highest BCUT2D eigenvalue weighted by molar-refractivity contribution is 6.65. The lowest BCUT2D eigenvalue weighted by Gasteiger charge is -2.20. The standard InChI is InChI=1S/C12H18BFO/c1-12(2,3)8-9-5-6-10(14)7-11(9)13(4)15/h5-7,15H,8H2,1-4H3. The lowest BCUT2D eigenvalue weighted by Crippen LogP contribution is -2.32. The summed E-state index contributed by atoms with van der Waals surface area (Å²) in [6.07, 6.45) is 0.841. The van der Waals surface area contributed by atoms with Crippen LogP contribution in [0.25, 0.3) is 0 Å². The van der Waals surface area contributed by atoms with Gasteiger partial charge in [-0.15, -0.1) is 0 Å². The summed E-state index contributed by atoms with van der Waals surface area (Å²) in [5.41, 5.74) is 1.87. The van der Waals surface area contributed by atoms with E-state index in [1.54, 1.807) is 12.9 Å². The lowest BCUT2D eigenvalue weighted by molar-refractivity contribution is 0.411. The Morgan fingerprint density at radius 2 is 1.93 bits per heavy atom. The molecule has 0 atom stereocenters. The van der Waals surface area contributed by atoms with Crippen molar-refractivity contribution in [2.24, 2.45) is 5.41 Å². The number of benzene rings is 1. The molecule has 1 N–H and O–H groups in total. The average molecular weight is 208 g/mol. The molecule has 0 saturated carbocycles. The molecular formula is C12H18BFO. The van der Waals surface area contributed by atoms with Gasteiger partial charge in [0.15, 0.2) is 0 Å². The molecule has 0 spiro atoms. The van der Waals surface area contributed by atoms with Crippen molar-refractivity contribution in [1.82, 2.24) is 0 Å². The average Bonchev–Trinajstić information content (AvgIpc) is 2.05. The van der Waals surface area contributed by atoms with E-state index in [2.05, 4.69) is 20.8 Å². The smallest absolute Gasteiger partial charge is 0.320 e. The predicted molar refractivity (Wildman–Crippen MR) is 63.0 cm³/mol. The quantitative estimate of drug-likeness (QED) is 0.739. The van der Waals surface area contributed by atoms with Crippen LogP contribution in [0.2, 0.25) is 6.82 Å². The van der Waals surface area contributed by atoms with Crippen LogP contribution in [0.1, 0.15) is 26.3 Å². The normalized spacial score (nSPS) is 11.6. The molecule has 1 aromatic rings. The molecule has 0 heterocycles. The number of rotatable bonds is 2. The summed E-state index contributed by atoms with van der Waals surface area (Å²) in [6, 6.07) is 4.64. The van der Waals surface area contributed by atoms with Gasteiger partial charge in [0, 0.05) is 0 Å². The van der Waals surface area contributed by atoms with Gasteiger partial charge in [-0.25, -0.2) is 4.39 Å². The molecule has 0 saturated heterocycles. The molecule has 0 aliphatic rings. The lowest BCUT2D eigenvalue weighted by atomic mass is 9.61. The highest BCUT2D eigenvalue weighted by Crippen LogP contribution is 2.19. The molecule has 15 heavy (non-hydrogen) atoms. The van der Waals surface area contributed by atoms with Crippen LogP contribution in [0.3, 0.4) is 0 Å². The molecule has 1 rings (SSSR count). The summed E-state index contributed by atoms with van der Waals surface area (Å²) in [7, 11) is 0. The molecule has 0 fully saturated rings. The summed E-state index contributed by atoms with van der Waals surface area (Å²) in [6.45, 7) is 7.44. The van der Waals surface area contributed by atoms with Crippen LogP contribution in [-0.2, 0) is 6.42 Å². The second kappa shape index (κ2) is 4.36. The third-order valence-electron chi connectivity index (χ3n) is 2.28. The fourth-order valence-electron chi connectivity index (χ4n) is 1.69. The van der Waals surface area contributed by atoms with Crippen molar-refractivity contribution in [2.75, 3.05) is 0 Å². The van der Waals surface area contributed by atoms with E-state index >= 15 is 0 Å². The maximum absolute atomic E-state index is 13.0. The van der Waals surface area contributed by atoms with E-state index in [4.69, 9.17) is 0 Å². The molecule has 0 unspecified atom stereocenters. The predicted octanol–water partition coefficient (Wildman–Crippen LogP) is 2.23. The summed E-state index contributed by atoms with van der Waals surface area (Å²) >= 11 is 0. The first-order valence-corrected chi connectivity index (χ1v) is 5.26. The van der Waals surface area contributed by atoms with Crippen molar-refractivity contribution in [3.8, 4) is 0 Å². The van der Waals surface area contributed by atoms with E-state index in [0.717, 1.165) is 12.0 Å². The largest absolute Gasteiger partial charge is 0.446 e. The second-order valence-corrected chi connectivity index (χ2v) is 5.26. The molecule has 0 aliphatic carbocycles. The summed E-state index contributed by atoms with van der Waals surface area (Å²) in [4.78, 5) is 0. The first-order valence-electron chi connectivity index (χ1n) is 5.26. The third kappa shape index (κ3) is 3.67. The highest BCUT2D eigenvalue weighted by Gasteiger charge is 2.18. The monoisotopic (exact) mass is 208 g/mol. The Kier molecular flexibility index (Phi) is 3.56. The molecular weight excluding hydrogens is 190 g/mol. The van der Waals surface area contributed by atoms with Gasteiger partial charge in [0.05, 0.1) is 0 Å². The van der Waals surface area contributed by atoms with E-state index in [1.807, 2.05) is 0 Å². The highest BCUT2D eigenvalue weighted by atomic mass is 19.1. The summed E-state index contributed by atoms with van der Waals surface area (Å²) < 4.78 is 13.0. The van der Waals surface area contributed by atoms with Gasteiger partial charge >= 0.3 is 6.92 Å². The molecule has 1 aromatic carbocycles. The zero-order valence-electron chi connectivity index (χ0n) is 9.84. The van der Waals surface area contributed by atoms with Crippen molar-refractivity contribution in [1.29, 1.82) is 0 Å². The number of halogens is 1. The summed E-state index contributed by atoms with van der Waals surface area (Å²) in [5, 5.41) is 9.56. The number of hydrogen-bond acceptors (Lipinski definition) is 1. The Morgan fingerprint density at radius 3 is 2.40 bits per heavy atom. The second-order valence-electron chi connectivity index (χ2n) is 5.26. The van der Waals surface area contributed by atoms with E-state index in [9.17, 15) is 9.41 Å². The van der Waals surface area contributed by atoms with Crippen molar-refractivity contribution < 1.29 is 9.41 Å². The fourth-order valence-corrected chi connectivity index (χ4v) is 1.69. The molecule has 0 amide bonds. The Bertz CT molecular complexity index is 342. The molecule has 1 nitrogen and oxygen atoms in total. The van der Waals surface area contributed by atoms with Crippen LogP contribution < -0.4 is 5.46 Å². The van der Waals surface area contributed by atoms with Gasteiger partial charge in [0.1, 0.15) is 5.82 Å². The summed E-state index contributed by atoms with van der Waals surface area (Å²) in [5.74, 6) is -0.288. The van der Waals surface area contributed by atoms with Gasteiger partial charge in [-0.3, -0.25) is 0 Å². The molecule has 0 radical (unpaired) electrons. The van der Waals surface area contributed by atoms with Crippen LogP contribution >= 0.6 is 0 Å². The van der Waals surface area contributed by atoms with Crippen molar-refractivity contribution in [3.05, 3.63) is 29.6 Å². The molecule has 82 valence electrons. The topological polar surface area (TPSA) is 20.2 Å². The van der Waals surface area contributed by atoms with Crippen LogP contribution in [0.15, 0.2) is 18.2 Å². The first-order chi connectivity index (χ1) is 6.79. The minimum atomic E-state index is -0.613. The Hall–Kier alpha value is -0.825. The van der Waals surface area contributed by atoms with Crippen LogP contribution in [-0.4, -0.2) is 11.9 Å². The minimum Gasteiger partial charge on any atom is -0.446 e. The van der Waals surface area contributed by atoms with E-state index in [0.29, 0.717) is 5.46 Å². The van der Waals surface area contributed by atoms with E-state index in [-0.39, 0.29) is 11.2 Å². The van der Waals surface area contributed by atoms with Gasteiger partial charge in [-0.1, -0.05) is 39.2 Å². The van der Waals surface area contributed by atoms with Crippen molar-refractivity contribution in [3.63, 3.8) is 0 Å². The zero-order chi connectivity index (χ0) is 11.6. The van der Waals surface area contributed by atoms with Crippen LogP contribution in [0.4, 0.5) is 4.39 Å². The van der Waals surface area contributed by atoms with Crippen LogP contribution in [0, 0.1) is 11.2 Å². The third-order valence-corrected chi connectivity index (χ3v) is 2.28. The van der Waals surface area contributed by atoms with Crippen LogP contribution in [0.5, 0.6) is 0 Å². The SMILES string of the molecule is CB(O)c1cc(F)ccc1CC(C)(C)C. The Morgan fingerprint density at radius 1 is 1.33 bits per heavy atom. The Balaban J connectivity index is 3.06. The van der Waals surface area contributed by atoms with Gasteiger partial charge in [-0.05, 0) is 29.4 Å². The Labute approximate surface area is 91.4 Å². The van der Waals surface area contributed by atoms with Crippen molar-refractivity contribution in [2.45, 2.75) is 34.0 Å². The van der Waals surface area contributed by atoms with Gasteiger partial charge in [0.25, 0.3) is 0 Å². The van der Waals surface area contributed by atoms with Gasteiger partial charge in [0.2, 0.25) is 0 Å². The minimum absolute atomic E-state index is 0.140. The molecule has 0 aliphatic heterocycles. The molecule has 0 bridgehead atoms.